The van der Waals surface area contributed by atoms with E-state index < -0.39 is 0 Å². The maximum absolute atomic E-state index is 3.56. The average molecular weight is 175 g/mol. The van der Waals surface area contributed by atoms with Crippen LogP contribution in [0, 0.1) is 6.92 Å². The molecule has 0 saturated carbocycles. The van der Waals surface area contributed by atoms with Gasteiger partial charge in [-0.05, 0) is 45.2 Å². The van der Waals surface area contributed by atoms with Gasteiger partial charge in [0, 0.05) is 11.2 Å². The van der Waals surface area contributed by atoms with Crippen molar-refractivity contribution in [3.63, 3.8) is 0 Å². The zero-order valence-electron chi connectivity index (χ0n) is 8.65. The van der Waals surface area contributed by atoms with Gasteiger partial charge in [-0.3, -0.25) is 0 Å². The first-order valence-corrected chi connectivity index (χ1v) is 4.95. The predicted octanol–water partition coefficient (Wildman–Crippen LogP) is 3.13. The van der Waals surface area contributed by atoms with Crippen molar-refractivity contribution in [3.8, 4) is 0 Å². The third kappa shape index (κ3) is 1.69. The summed E-state index contributed by atoms with van der Waals surface area (Å²) in [5, 5.41) is 3.56. The number of fused-ring (bicyclic) bond motifs is 1. The maximum atomic E-state index is 3.56. The van der Waals surface area contributed by atoms with E-state index in [1.807, 2.05) is 0 Å². The Bertz CT molecular complexity index is 326. The van der Waals surface area contributed by atoms with Gasteiger partial charge in [0.1, 0.15) is 0 Å². The van der Waals surface area contributed by atoms with Crippen LogP contribution in [-0.4, -0.2) is 5.54 Å². The van der Waals surface area contributed by atoms with Crippen LogP contribution in [-0.2, 0) is 6.42 Å². The summed E-state index contributed by atoms with van der Waals surface area (Å²) in [5.74, 6) is 0. The quantitative estimate of drug-likeness (QED) is 0.638. The maximum Gasteiger partial charge on any atom is 0.0377 e. The number of benzene rings is 1. The number of rotatable bonds is 0. The Labute approximate surface area is 80.2 Å². The summed E-state index contributed by atoms with van der Waals surface area (Å²) in [4.78, 5) is 0. The largest absolute Gasteiger partial charge is 0.380 e. The molecule has 0 radical (unpaired) electrons. The fourth-order valence-electron chi connectivity index (χ4n) is 1.93. The average Bonchev–Trinajstić information content (AvgIpc) is 2.05. The summed E-state index contributed by atoms with van der Waals surface area (Å²) in [7, 11) is 0. The van der Waals surface area contributed by atoms with E-state index in [0.717, 1.165) is 0 Å². The standard InChI is InChI=1S/C12H17N/c1-9-4-5-11-10(8-9)6-7-12(2,3)13-11/h4-5,8,13H,6-7H2,1-3H3. The molecule has 1 aromatic carbocycles. The molecule has 1 aliphatic rings. The van der Waals surface area contributed by atoms with Gasteiger partial charge in [0.15, 0.2) is 0 Å². The molecule has 0 unspecified atom stereocenters. The molecule has 0 saturated heterocycles. The van der Waals surface area contributed by atoms with Crippen molar-refractivity contribution in [2.45, 2.75) is 39.2 Å². The molecule has 1 heterocycles. The third-order valence-electron chi connectivity index (χ3n) is 2.75. The molecule has 1 aromatic rings. The molecule has 0 fully saturated rings. The zero-order valence-corrected chi connectivity index (χ0v) is 8.65. The minimum Gasteiger partial charge on any atom is -0.380 e. The Morgan fingerprint density at radius 1 is 1.31 bits per heavy atom. The number of aryl methyl sites for hydroxylation is 2. The highest BCUT2D eigenvalue weighted by atomic mass is 15.0. The van der Waals surface area contributed by atoms with Gasteiger partial charge in [-0.15, -0.1) is 0 Å². The summed E-state index contributed by atoms with van der Waals surface area (Å²) in [5.41, 5.74) is 4.42. The third-order valence-corrected chi connectivity index (χ3v) is 2.75. The van der Waals surface area contributed by atoms with E-state index in [1.54, 1.807) is 0 Å². The second kappa shape index (κ2) is 2.76. The predicted molar refractivity (Wildman–Crippen MR) is 57.2 cm³/mol. The Hall–Kier alpha value is -0.980. The molecule has 13 heavy (non-hydrogen) atoms. The molecule has 2 rings (SSSR count). The molecule has 1 aliphatic heterocycles. The van der Waals surface area contributed by atoms with Crippen LogP contribution in [0.4, 0.5) is 5.69 Å². The van der Waals surface area contributed by atoms with E-state index in [2.05, 4.69) is 44.3 Å². The summed E-state index contributed by atoms with van der Waals surface area (Å²) >= 11 is 0. The van der Waals surface area contributed by atoms with Crippen LogP contribution in [0.15, 0.2) is 18.2 Å². The normalized spacial score (nSPS) is 19.0. The van der Waals surface area contributed by atoms with E-state index in [0.29, 0.717) is 0 Å². The first-order chi connectivity index (χ1) is 6.07. The first kappa shape index (κ1) is 8.61. The minimum absolute atomic E-state index is 0.266. The molecule has 1 heteroatoms. The molecular formula is C12H17N. The van der Waals surface area contributed by atoms with E-state index in [4.69, 9.17) is 0 Å². The van der Waals surface area contributed by atoms with Crippen LogP contribution in [0.2, 0.25) is 0 Å². The lowest BCUT2D eigenvalue weighted by molar-refractivity contribution is 0.502. The minimum atomic E-state index is 0.266. The fraction of sp³-hybridized carbons (Fsp3) is 0.500. The van der Waals surface area contributed by atoms with Gasteiger partial charge in [-0.1, -0.05) is 17.7 Å². The van der Waals surface area contributed by atoms with Gasteiger partial charge in [0.2, 0.25) is 0 Å². The molecule has 1 N–H and O–H groups in total. The highest BCUT2D eigenvalue weighted by molar-refractivity contribution is 5.56. The van der Waals surface area contributed by atoms with Gasteiger partial charge < -0.3 is 5.32 Å². The van der Waals surface area contributed by atoms with Gasteiger partial charge in [-0.2, -0.15) is 0 Å². The van der Waals surface area contributed by atoms with Gasteiger partial charge in [0.05, 0.1) is 0 Å². The Kier molecular flexibility index (Phi) is 1.83. The Morgan fingerprint density at radius 2 is 2.08 bits per heavy atom. The molecular weight excluding hydrogens is 158 g/mol. The van der Waals surface area contributed by atoms with Crippen molar-refractivity contribution in [1.82, 2.24) is 0 Å². The second-order valence-corrected chi connectivity index (χ2v) is 4.67. The highest BCUT2D eigenvalue weighted by Gasteiger charge is 2.23. The fourth-order valence-corrected chi connectivity index (χ4v) is 1.93. The van der Waals surface area contributed by atoms with Gasteiger partial charge >= 0.3 is 0 Å². The lowest BCUT2D eigenvalue weighted by atomic mass is 9.89. The van der Waals surface area contributed by atoms with Crippen LogP contribution >= 0.6 is 0 Å². The first-order valence-electron chi connectivity index (χ1n) is 4.95. The molecule has 0 bridgehead atoms. The highest BCUT2D eigenvalue weighted by Crippen LogP contribution is 2.30. The van der Waals surface area contributed by atoms with E-state index >= 15 is 0 Å². The Morgan fingerprint density at radius 3 is 2.85 bits per heavy atom. The summed E-state index contributed by atoms with van der Waals surface area (Å²) in [6, 6.07) is 6.66. The number of anilines is 1. The zero-order chi connectivity index (χ0) is 9.47. The van der Waals surface area contributed by atoms with E-state index in [9.17, 15) is 0 Å². The molecule has 0 amide bonds. The van der Waals surface area contributed by atoms with Crippen LogP contribution in [0.5, 0.6) is 0 Å². The van der Waals surface area contributed by atoms with Crippen molar-refractivity contribution >= 4 is 5.69 Å². The molecule has 0 aliphatic carbocycles. The molecule has 0 atom stereocenters. The molecule has 0 spiro atoms. The van der Waals surface area contributed by atoms with E-state index in [1.165, 1.54) is 29.7 Å². The van der Waals surface area contributed by atoms with Crippen LogP contribution < -0.4 is 5.32 Å². The summed E-state index contributed by atoms with van der Waals surface area (Å²) < 4.78 is 0. The molecule has 70 valence electrons. The lowest BCUT2D eigenvalue weighted by Crippen LogP contribution is -2.35. The van der Waals surface area contributed by atoms with Gasteiger partial charge in [0.25, 0.3) is 0 Å². The molecule has 0 aromatic heterocycles. The van der Waals surface area contributed by atoms with Crippen molar-refractivity contribution in [2.24, 2.45) is 0 Å². The summed E-state index contributed by atoms with van der Waals surface area (Å²) in [6.07, 6.45) is 2.43. The summed E-state index contributed by atoms with van der Waals surface area (Å²) in [6.45, 7) is 6.67. The number of hydrogen-bond acceptors (Lipinski definition) is 1. The smallest absolute Gasteiger partial charge is 0.0377 e. The van der Waals surface area contributed by atoms with E-state index in [-0.39, 0.29) is 5.54 Å². The molecule has 1 nitrogen and oxygen atoms in total. The monoisotopic (exact) mass is 175 g/mol. The van der Waals surface area contributed by atoms with Gasteiger partial charge in [-0.25, -0.2) is 0 Å². The lowest BCUT2D eigenvalue weighted by Gasteiger charge is -2.33. The number of hydrogen-bond donors (Lipinski definition) is 1. The van der Waals surface area contributed by atoms with Crippen molar-refractivity contribution in [1.29, 1.82) is 0 Å². The second-order valence-electron chi connectivity index (χ2n) is 4.67. The van der Waals surface area contributed by atoms with Crippen LogP contribution in [0.25, 0.3) is 0 Å². The van der Waals surface area contributed by atoms with Crippen LogP contribution in [0.3, 0.4) is 0 Å². The Balaban J connectivity index is 2.37. The topological polar surface area (TPSA) is 12.0 Å². The van der Waals surface area contributed by atoms with Crippen LogP contribution in [0.1, 0.15) is 31.4 Å². The van der Waals surface area contributed by atoms with Crippen molar-refractivity contribution in [2.75, 3.05) is 5.32 Å². The van der Waals surface area contributed by atoms with Crippen molar-refractivity contribution < 1.29 is 0 Å². The van der Waals surface area contributed by atoms with Crippen molar-refractivity contribution in [3.05, 3.63) is 29.3 Å². The number of nitrogens with one attached hydrogen (secondary N) is 1. The SMILES string of the molecule is Cc1ccc2c(c1)CCC(C)(C)N2.